The average Bonchev–Trinajstić information content (AvgIpc) is 2.36. The Morgan fingerprint density at radius 2 is 2.00 bits per heavy atom. The molecule has 0 aliphatic heterocycles. The average molecular weight is 271 g/mol. The summed E-state index contributed by atoms with van der Waals surface area (Å²) in [6.07, 6.45) is 0.982. The highest BCUT2D eigenvalue weighted by Crippen LogP contribution is 2.51. The Morgan fingerprint density at radius 1 is 1.37 bits per heavy atom. The van der Waals surface area contributed by atoms with Crippen molar-refractivity contribution in [1.29, 1.82) is 0 Å². The number of hydrogen-bond donors (Lipinski definition) is 2. The number of nitrogens with one attached hydrogen (secondary N) is 2. The van der Waals surface area contributed by atoms with Crippen LogP contribution >= 0.6 is 0 Å². The van der Waals surface area contributed by atoms with E-state index in [0.717, 1.165) is 12.4 Å². The molecule has 5 nitrogen and oxygen atoms in total. The highest BCUT2D eigenvalue weighted by molar-refractivity contribution is 5.80. The van der Waals surface area contributed by atoms with E-state index in [1.807, 2.05) is 0 Å². The van der Waals surface area contributed by atoms with Gasteiger partial charge in [0.05, 0.1) is 12.2 Å². The topological polar surface area (TPSA) is 54.9 Å². The van der Waals surface area contributed by atoms with Gasteiger partial charge in [-0.1, -0.05) is 13.8 Å². The van der Waals surface area contributed by atoms with E-state index in [1.54, 1.807) is 21.3 Å². The molecule has 0 spiro atoms. The maximum atomic E-state index is 5.63. The van der Waals surface area contributed by atoms with Gasteiger partial charge >= 0.3 is 0 Å². The lowest BCUT2D eigenvalue weighted by Crippen LogP contribution is -2.69. The number of methoxy groups -OCH3 is 2. The van der Waals surface area contributed by atoms with Crippen molar-refractivity contribution in [3.63, 3.8) is 0 Å². The van der Waals surface area contributed by atoms with Crippen molar-refractivity contribution >= 4 is 5.96 Å². The molecule has 0 bridgehead atoms. The third-order valence-corrected chi connectivity index (χ3v) is 4.61. The van der Waals surface area contributed by atoms with Crippen molar-refractivity contribution in [1.82, 2.24) is 10.6 Å². The minimum Gasteiger partial charge on any atom is -0.383 e. The first kappa shape index (κ1) is 16.2. The Bertz CT molecular complexity index is 331. The normalized spacial score (nSPS) is 31.5. The molecular formula is C14H29N3O2. The third-order valence-electron chi connectivity index (χ3n) is 4.61. The number of guanidine groups is 1. The molecule has 1 saturated carbocycles. The van der Waals surface area contributed by atoms with Gasteiger partial charge in [-0.15, -0.1) is 0 Å². The summed E-state index contributed by atoms with van der Waals surface area (Å²) in [5, 5.41) is 6.80. The van der Waals surface area contributed by atoms with E-state index in [4.69, 9.17) is 9.47 Å². The summed E-state index contributed by atoms with van der Waals surface area (Å²) in [5.74, 6) is 0.820. The van der Waals surface area contributed by atoms with Gasteiger partial charge in [0.1, 0.15) is 0 Å². The molecule has 3 unspecified atom stereocenters. The van der Waals surface area contributed by atoms with Crippen LogP contribution in [0.15, 0.2) is 4.99 Å². The fourth-order valence-corrected chi connectivity index (χ4v) is 2.58. The van der Waals surface area contributed by atoms with Crippen molar-refractivity contribution in [2.24, 2.45) is 10.4 Å². The van der Waals surface area contributed by atoms with Crippen LogP contribution in [0.1, 0.15) is 34.1 Å². The number of ether oxygens (including phenoxy) is 2. The van der Waals surface area contributed by atoms with E-state index in [2.05, 4.69) is 43.3 Å². The van der Waals surface area contributed by atoms with Crippen LogP contribution in [0.4, 0.5) is 0 Å². The highest BCUT2D eigenvalue weighted by Gasteiger charge is 2.58. The predicted octanol–water partition coefficient (Wildman–Crippen LogP) is 1.39. The quantitative estimate of drug-likeness (QED) is 0.586. The Kier molecular flexibility index (Phi) is 5.21. The summed E-state index contributed by atoms with van der Waals surface area (Å²) < 4.78 is 10.8. The van der Waals surface area contributed by atoms with E-state index >= 15 is 0 Å². The van der Waals surface area contributed by atoms with Gasteiger partial charge in [-0.05, 0) is 20.3 Å². The van der Waals surface area contributed by atoms with Crippen LogP contribution in [0.2, 0.25) is 0 Å². The van der Waals surface area contributed by atoms with Crippen LogP contribution in [0, 0.1) is 5.41 Å². The Balaban J connectivity index is 2.56. The molecule has 19 heavy (non-hydrogen) atoms. The number of nitrogens with zero attached hydrogens (tertiary/aromatic N) is 1. The minimum absolute atomic E-state index is 0.0678. The maximum Gasteiger partial charge on any atom is 0.191 e. The molecule has 0 heterocycles. The molecule has 0 radical (unpaired) electrons. The molecule has 1 rings (SSSR count). The first-order valence-corrected chi connectivity index (χ1v) is 6.84. The Labute approximate surface area is 117 Å². The van der Waals surface area contributed by atoms with Crippen molar-refractivity contribution in [2.75, 3.05) is 27.9 Å². The summed E-state index contributed by atoms with van der Waals surface area (Å²) in [6, 6.07) is 0.589. The van der Waals surface area contributed by atoms with E-state index in [1.165, 1.54) is 0 Å². The fraction of sp³-hybridized carbons (Fsp3) is 0.929. The largest absolute Gasteiger partial charge is 0.383 e. The Hall–Kier alpha value is -0.810. The van der Waals surface area contributed by atoms with E-state index < -0.39 is 0 Å². The minimum atomic E-state index is -0.0678. The van der Waals surface area contributed by atoms with Gasteiger partial charge < -0.3 is 20.1 Å². The lowest BCUT2D eigenvalue weighted by molar-refractivity contribution is -0.176. The SMILES string of the molecule is CN=C(NC(C)COC)NC1CC(C)(OC)C1(C)C. The molecule has 1 aliphatic rings. The van der Waals surface area contributed by atoms with Crippen LogP contribution < -0.4 is 10.6 Å². The van der Waals surface area contributed by atoms with E-state index in [0.29, 0.717) is 12.6 Å². The van der Waals surface area contributed by atoms with Crippen molar-refractivity contribution in [3.05, 3.63) is 0 Å². The molecule has 2 N–H and O–H groups in total. The fourth-order valence-electron chi connectivity index (χ4n) is 2.58. The maximum absolute atomic E-state index is 5.63. The summed E-state index contributed by atoms with van der Waals surface area (Å²) in [4.78, 5) is 4.27. The van der Waals surface area contributed by atoms with Gasteiger partial charge in [0.25, 0.3) is 0 Å². The van der Waals surface area contributed by atoms with Crippen molar-refractivity contribution < 1.29 is 9.47 Å². The van der Waals surface area contributed by atoms with Crippen LogP contribution in [0.3, 0.4) is 0 Å². The van der Waals surface area contributed by atoms with Gasteiger partial charge in [-0.25, -0.2) is 0 Å². The van der Waals surface area contributed by atoms with Crippen LogP contribution in [0.25, 0.3) is 0 Å². The first-order valence-electron chi connectivity index (χ1n) is 6.84. The second-order valence-electron chi connectivity index (χ2n) is 6.13. The first-order chi connectivity index (χ1) is 8.80. The number of aliphatic imine (C=N–C) groups is 1. The Morgan fingerprint density at radius 3 is 2.42 bits per heavy atom. The molecule has 112 valence electrons. The summed E-state index contributed by atoms with van der Waals surface area (Å²) in [5.41, 5.74) is 0.00548. The highest BCUT2D eigenvalue weighted by atomic mass is 16.5. The van der Waals surface area contributed by atoms with E-state index in [-0.39, 0.29) is 17.1 Å². The molecule has 0 amide bonds. The summed E-state index contributed by atoms with van der Waals surface area (Å²) >= 11 is 0. The van der Waals surface area contributed by atoms with Crippen LogP contribution in [-0.2, 0) is 9.47 Å². The lowest BCUT2D eigenvalue weighted by atomic mass is 9.56. The molecule has 0 aromatic carbocycles. The number of rotatable bonds is 5. The predicted molar refractivity (Wildman–Crippen MR) is 78.6 cm³/mol. The zero-order valence-electron chi connectivity index (χ0n) is 13.3. The van der Waals surface area contributed by atoms with Crippen LogP contribution in [0.5, 0.6) is 0 Å². The van der Waals surface area contributed by atoms with Gasteiger partial charge in [-0.3, -0.25) is 4.99 Å². The van der Waals surface area contributed by atoms with Crippen molar-refractivity contribution in [2.45, 2.75) is 51.8 Å². The molecule has 0 aromatic rings. The van der Waals surface area contributed by atoms with E-state index in [9.17, 15) is 0 Å². The second kappa shape index (κ2) is 6.09. The third kappa shape index (κ3) is 3.20. The zero-order valence-corrected chi connectivity index (χ0v) is 13.3. The monoisotopic (exact) mass is 271 g/mol. The van der Waals surface area contributed by atoms with Gasteiger partial charge in [0.15, 0.2) is 5.96 Å². The lowest BCUT2D eigenvalue weighted by Gasteiger charge is -2.59. The second-order valence-corrected chi connectivity index (χ2v) is 6.13. The smallest absolute Gasteiger partial charge is 0.191 e. The zero-order chi connectivity index (χ0) is 14.7. The van der Waals surface area contributed by atoms with Crippen molar-refractivity contribution in [3.8, 4) is 0 Å². The molecule has 0 aromatic heterocycles. The molecule has 3 atom stereocenters. The van der Waals surface area contributed by atoms with Gasteiger partial charge in [0.2, 0.25) is 0 Å². The van der Waals surface area contributed by atoms with Gasteiger partial charge in [0, 0.05) is 38.8 Å². The molecule has 0 saturated heterocycles. The summed E-state index contributed by atoms with van der Waals surface area (Å²) in [7, 11) is 5.27. The molecule has 1 aliphatic carbocycles. The molecular weight excluding hydrogens is 242 g/mol. The molecule has 1 fully saturated rings. The number of hydrogen-bond acceptors (Lipinski definition) is 3. The summed E-state index contributed by atoms with van der Waals surface area (Å²) in [6.45, 7) is 9.34. The standard InChI is InChI=1S/C14H29N3O2/c1-10(9-18-6)16-12(15-5)17-11-8-14(4,19-7)13(11,2)3/h10-11H,8-9H2,1-7H3,(H2,15,16,17). The molecule has 5 heteroatoms. The van der Waals surface area contributed by atoms with Crippen LogP contribution in [-0.4, -0.2) is 51.5 Å². The van der Waals surface area contributed by atoms with Gasteiger partial charge in [-0.2, -0.15) is 0 Å².